The highest BCUT2D eigenvalue weighted by Crippen LogP contribution is 2.15. The van der Waals surface area contributed by atoms with Crippen molar-refractivity contribution in [3.8, 4) is 0 Å². The lowest BCUT2D eigenvalue weighted by Gasteiger charge is -2.00. The number of halogens is 1. The van der Waals surface area contributed by atoms with Gasteiger partial charge in [0.1, 0.15) is 0 Å². The summed E-state index contributed by atoms with van der Waals surface area (Å²) in [5.41, 5.74) is 1.86. The summed E-state index contributed by atoms with van der Waals surface area (Å²) in [6, 6.07) is 0. The molecule has 7 heteroatoms. The molecule has 2 aromatic rings. The molecular formula is C10H14BrN5O. The highest BCUT2D eigenvalue weighted by Gasteiger charge is 2.05. The maximum atomic E-state index is 8.78. The second kappa shape index (κ2) is 5.33. The molecule has 92 valence electrons. The molecule has 0 saturated carbocycles. The summed E-state index contributed by atoms with van der Waals surface area (Å²) in [7, 11) is 1.88. The SMILES string of the molecule is Cn1cc(Br)c(CNc2cnn(CCO)c2)n1. The van der Waals surface area contributed by atoms with Gasteiger partial charge in [-0.05, 0) is 15.9 Å². The van der Waals surface area contributed by atoms with Crippen LogP contribution < -0.4 is 5.32 Å². The van der Waals surface area contributed by atoms with E-state index in [4.69, 9.17) is 5.11 Å². The third-order valence-corrected chi connectivity index (χ3v) is 2.94. The third kappa shape index (κ3) is 3.07. The molecule has 0 aliphatic carbocycles. The Hall–Kier alpha value is -1.34. The van der Waals surface area contributed by atoms with Crippen molar-refractivity contribution < 1.29 is 5.11 Å². The molecule has 0 fully saturated rings. The van der Waals surface area contributed by atoms with Gasteiger partial charge in [0, 0.05) is 19.4 Å². The number of aryl methyl sites for hydroxylation is 1. The number of anilines is 1. The number of nitrogens with zero attached hydrogens (tertiary/aromatic N) is 4. The summed E-state index contributed by atoms with van der Waals surface area (Å²) in [6.07, 6.45) is 5.49. The molecule has 0 atom stereocenters. The van der Waals surface area contributed by atoms with Crippen LogP contribution >= 0.6 is 15.9 Å². The minimum Gasteiger partial charge on any atom is -0.394 e. The first kappa shape index (κ1) is 12.1. The van der Waals surface area contributed by atoms with Crippen molar-refractivity contribution in [2.24, 2.45) is 7.05 Å². The highest BCUT2D eigenvalue weighted by molar-refractivity contribution is 9.10. The molecule has 2 rings (SSSR count). The highest BCUT2D eigenvalue weighted by atomic mass is 79.9. The van der Waals surface area contributed by atoms with Gasteiger partial charge in [-0.1, -0.05) is 0 Å². The van der Waals surface area contributed by atoms with E-state index in [2.05, 4.69) is 31.4 Å². The summed E-state index contributed by atoms with van der Waals surface area (Å²) in [5.74, 6) is 0. The Kier molecular flexibility index (Phi) is 3.80. The Balaban J connectivity index is 1.95. The Labute approximate surface area is 107 Å². The smallest absolute Gasteiger partial charge is 0.0957 e. The fourth-order valence-corrected chi connectivity index (χ4v) is 2.01. The molecule has 0 aliphatic rings. The Morgan fingerprint density at radius 3 is 2.94 bits per heavy atom. The monoisotopic (exact) mass is 299 g/mol. The number of aromatic nitrogens is 4. The summed E-state index contributed by atoms with van der Waals surface area (Å²) in [5, 5.41) is 20.4. The Morgan fingerprint density at radius 2 is 2.29 bits per heavy atom. The normalized spacial score (nSPS) is 10.8. The van der Waals surface area contributed by atoms with Crippen LogP contribution in [-0.4, -0.2) is 31.3 Å². The van der Waals surface area contributed by atoms with E-state index < -0.39 is 0 Å². The van der Waals surface area contributed by atoms with E-state index >= 15 is 0 Å². The van der Waals surface area contributed by atoms with E-state index in [0.717, 1.165) is 15.9 Å². The molecule has 6 nitrogen and oxygen atoms in total. The van der Waals surface area contributed by atoms with Crippen LogP contribution in [0.25, 0.3) is 0 Å². The van der Waals surface area contributed by atoms with E-state index in [0.29, 0.717) is 13.1 Å². The first-order valence-corrected chi connectivity index (χ1v) is 6.03. The average Bonchev–Trinajstić information content (AvgIpc) is 2.83. The second-order valence-electron chi connectivity index (χ2n) is 3.67. The van der Waals surface area contributed by atoms with Crippen molar-refractivity contribution in [2.75, 3.05) is 11.9 Å². The van der Waals surface area contributed by atoms with Crippen LogP contribution in [0, 0.1) is 0 Å². The van der Waals surface area contributed by atoms with Crippen molar-refractivity contribution in [2.45, 2.75) is 13.1 Å². The maximum Gasteiger partial charge on any atom is 0.0957 e. The summed E-state index contributed by atoms with van der Waals surface area (Å²) < 4.78 is 4.43. The van der Waals surface area contributed by atoms with Crippen molar-refractivity contribution in [3.63, 3.8) is 0 Å². The van der Waals surface area contributed by atoms with E-state index in [1.807, 2.05) is 19.4 Å². The second-order valence-corrected chi connectivity index (χ2v) is 4.52. The lowest BCUT2D eigenvalue weighted by atomic mass is 10.4. The van der Waals surface area contributed by atoms with Gasteiger partial charge in [-0.3, -0.25) is 9.36 Å². The van der Waals surface area contributed by atoms with Crippen LogP contribution in [0.2, 0.25) is 0 Å². The van der Waals surface area contributed by atoms with Crippen LogP contribution in [-0.2, 0) is 20.1 Å². The minimum atomic E-state index is 0.0902. The molecule has 0 aromatic carbocycles. The number of aliphatic hydroxyl groups excluding tert-OH is 1. The molecule has 0 unspecified atom stereocenters. The number of aliphatic hydroxyl groups is 1. The van der Waals surface area contributed by atoms with Gasteiger partial charge < -0.3 is 10.4 Å². The van der Waals surface area contributed by atoms with E-state index in [1.165, 1.54) is 0 Å². The zero-order valence-corrected chi connectivity index (χ0v) is 11.1. The first-order valence-electron chi connectivity index (χ1n) is 5.24. The van der Waals surface area contributed by atoms with Crippen molar-refractivity contribution in [1.82, 2.24) is 19.6 Å². The predicted octanol–water partition coefficient (Wildman–Crippen LogP) is 0.983. The third-order valence-electron chi connectivity index (χ3n) is 2.28. The fourth-order valence-electron chi connectivity index (χ4n) is 1.49. The van der Waals surface area contributed by atoms with Crippen molar-refractivity contribution in [1.29, 1.82) is 0 Å². The van der Waals surface area contributed by atoms with E-state index in [-0.39, 0.29) is 6.61 Å². The molecule has 2 aromatic heterocycles. The number of hydrogen-bond acceptors (Lipinski definition) is 4. The minimum absolute atomic E-state index is 0.0902. The number of rotatable bonds is 5. The van der Waals surface area contributed by atoms with Gasteiger partial charge in [0.15, 0.2) is 0 Å². The molecule has 0 saturated heterocycles. The Morgan fingerprint density at radius 1 is 1.47 bits per heavy atom. The van der Waals surface area contributed by atoms with Gasteiger partial charge in [-0.15, -0.1) is 0 Å². The van der Waals surface area contributed by atoms with Crippen molar-refractivity contribution in [3.05, 3.63) is 28.8 Å². The van der Waals surface area contributed by atoms with Gasteiger partial charge in [-0.25, -0.2) is 0 Å². The van der Waals surface area contributed by atoms with Crippen LogP contribution in [0.4, 0.5) is 5.69 Å². The van der Waals surface area contributed by atoms with Crippen LogP contribution in [0.15, 0.2) is 23.1 Å². The van der Waals surface area contributed by atoms with Gasteiger partial charge in [0.05, 0.1) is 41.7 Å². The van der Waals surface area contributed by atoms with E-state index in [9.17, 15) is 0 Å². The predicted molar refractivity (Wildman–Crippen MR) is 67.5 cm³/mol. The van der Waals surface area contributed by atoms with Crippen LogP contribution in [0.1, 0.15) is 5.69 Å². The van der Waals surface area contributed by atoms with Gasteiger partial charge >= 0.3 is 0 Å². The van der Waals surface area contributed by atoms with Gasteiger partial charge in [0.25, 0.3) is 0 Å². The summed E-state index contributed by atoms with van der Waals surface area (Å²) in [4.78, 5) is 0. The van der Waals surface area contributed by atoms with Crippen LogP contribution in [0.5, 0.6) is 0 Å². The first-order chi connectivity index (χ1) is 8.19. The standard InChI is InChI=1S/C10H14BrN5O/c1-15-7-9(11)10(14-15)5-12-8-4-13-16(6-8)2-3-17/h4,6-7,12,17H,2-3,5H2,1H3. The lowest BCUT2D eigenvalue weighted by molar-refractivity contribution is 0.269. The molecule has 0 radical (unpaired) electrons. The quantitative estimate of drug-likeness (QED) is 0.864. The zero-order valence-electron chi connectivity index (χ0n) is 9.47. The fraction of sp³-hybridized carbons (Fsp3) is 0.400. The zero-order chi connectivity index (χ0) is 12.3. The summed E-state index contributed by atoms with van der Waals surface area (Å²) in [6.45, 7) is 1.23. The number of nitrogens with one attached hydrogen (secondary N) is 1. The maximum absolute atomic E-state index is 8.78. The molecule has 2 N–H and O–H groups in total. The Bertz CT molecular complexity index is 493. The van der Waals surface area contributed by atoms with E-state index in [1.54, 1.807) is 15.6 Å². The lowest BCUT2D eigenvalue weighted by Crippen LogP contribution is -2.02. The van der Waals surface area contributed by atoms with Crippen molar-refractivity contribution >= 4 is 21.6 Å². The molecule has 0 bridgehead atoms. The molecule has 17 heavy (non-hydrogen) atoms. The number of hydrogen-bond donors (Lipinski definition) is 2. The summed E-state index contributed by atoms with van der Waals surface area (Å²) >= 11 is 3.44. The van der Waals surface area contributed by atoms with Crippen LogP contribution in [0.3, 0.4) is 0 Å². The topological polar surface area (TPSA) is 67.9 Å². The molecule has 2 heterocycles. The molecule has 0 spiro atoms. The molecule has 0 amide bonds. The van der Waals surface area contributed by atoms with Gasteiger partial charge in [-0.2, -0.15) is 10.2 Å². The largest absolute Gasteiger partial charge is 0.394 e. The average molecular weight is 300 g/mol. The molecular weight excluding hydrogens is 286 g/mol. The van der Waals surface area contributed by atoms with Gasteiger partial charge in [0.2, 0.25) is 0 Å². The molecule has 0 aliphatic heterocycles.